The Morgan fingerprint density at radius 2 is 2.15 bits per heavy atom. The number of carbonyl (C=O) groups excluding carboxylic acids is 1. The minimum absolute atomic E-state index is 0.189. The zero-order valence-electron chi connectivity index (χ0n) is 11.6. The van der Waals surface area contributed by atoms with Crippen molar-refractivity contribution >= 4 is 6.09 Å². The van der Waals surface area contributed by atoms with Crippen molar-refractivity contribution < 1.29 is 14.6 Å². The summed E-state index contributed by atoms with van der Waals surface area (Å²) >= 11 is 0. The molecule has 1 amide bonds. The first-order valence-electron chi connectivity index (χ1n) is 7.43. The van der Waals surface area contributed by atoms with Crippen molar-refractivity contribution in [2.45, 2.75) is 44.1 Å². The van der Waals surface area contributed by atoms with Gasteiger partial charge in [0.1, 0.15) is 0 Å². The minimum Gasteiger partial charge on any atom is -0.450 e. The van der Waals surface area contributed by atoms with Crippen LogP contribution in [-0.4, -0.2) is 30.5 Å². The molecule has 2 atom stereocenters. The summed E-state index contributed by atoms with van der Waals surface area (Å²) in [7, 11) is 0. The Balaban J connectivity index is 1.77. The average molecular weight is 275 g/mol. The normalized spacial score (nSPS) is 26.8. The third-order valence-electron chi connectivity index (χ3n) is 4.33. The van der Waals surface area contributed by atoms with Crippen LogP contribution in [-0.2, 0) is 17.6 Å². The van der Waals surface area contributed by atoms with E-state index in [1.54, 1.807) is 0 Å². The van der Waals surface area contributed by atoms with Crippen LogP contribution in [0, 0.1) is 0 Å². The number of alkyl carbamates (subject to hydrolysis) is 1. The van der Waals surface area contributed by atoms with Crippen LogP contribution in [0.15, 0.2) is 18.2 Å². The first kappa shape index (κ1) is 13.4. The van der Waals surface area contributed by atoms with Crippen molar-refractivity contribution in [3.05, 3.63) is 34.9 Å². The summed E-state index contributed by atoms with van der Waals surface area (Å²) in [4.78, 5) is 11.3. The zero-order chi connectivity index (χ0) is 13.9. The Bertz CT molecular complexity index is 500. The number of ether oxygens (including phenoxy) is 1. The first-order valence-corrected chi connectivity index (χ1v) is 7.43. The van der Waals surface area contributed by atoms with E-state index in [-0.39, 0.29) is 12.2 Å². The topological polar surface area (TPSA) is 58.6 Å². The number of aryl methyl sites for hydroxylation is 1. The lowest BCUT2D eigenvalue weighted by Crippen LogP contribution is -2.31. The van der Waals surface area contributed by atoms with E-state index in [0.717, 1.165) is 32.1 Å². The molecule has 1 aliphatic heterocycles. The molecule has 3 rings (SSSR count). The number of carbonyl (C=O) groups is 1. The molecule has 4 nitrogen and oxygen atoms in total. The maximum absolute atomic E-state index is 11.3. The summed E-state index contributed by atoms with van der Waals surface area (Å²) in [6.07, 6.45) is 4.01. The number of fused-ring (bicyclic) bond motifs is 1. The fourth-order valence-corrected chi connectivity index (χ4v) is 3.15. The van der Waals surface area contributed by atoms with Crippen LogP contribution in [0.1, 0.15) is 41.9 Å². The average Bonchev–Trinajstić information content (AvgIpc) is 2.43. The molecule has 0 bridgehead atoms. The Morgan fingerprint density at radius 1 is 1.25 bits per heavy atom. The predicted octanol–water partition coefficient (Wildman–Crippen LogP) is 2.14. The molecule has 1 aromatic carbocycles. The number of hydrogen-bond donors (Lipinski definition) is 2. The van der Waals surface area contributed by atoms with Crippen molar-refractivity contribution in [2.24, 2.45) is 0 Å². The van der Waals surface area contributed by atoms with Gasteiger partial charge in [-0.15, -0.1) is 0 Å². The summed E-state index contributed by atoms with van der Waals surface area (Å²) < 4.78 is 4.99. The maximum Gasteiger partial charge on any atom is 0.407 e. The zero-order valence-corrected chi connectivity index (χ0v) is 11.6. The van der Waals surface area contributed by atoms with Crippen LogP contribution in [0.5, 0.6) is 0 Å². The van der Waals surface area contributed by atoms with Gasteiger partial charge in [-0.1, -0.05) is 18.2 Å². The van der Waals surface area contributed by atoms with Gasteiger partial charge in [0, 0.05) is 12.5 Å². The molecule has 2 N–H and O–H groups in total. The van der Waals surface area contributed by atoms with Gasteiger partial charge >= 0.3 is 6.09 Å². The van der Waals surface area contributed by atoms with E-state index in [9.17, 15) is 9.90 Å². The van der Waals surface area contributed by atoms with Gasteiger partial charge in [-0.3, -0.25) is 0 Å². The largest absolute Gasteiger partial charge is 0.450 e. The van der Waals surface area contributed by atoms with E-state index in [1.807, 2.05) is 0 Å². The van der Waals surface area contributed by atoms with Gasteiger partial charge in [-0.25, -0.2) is 4.79 Å². The third-order valence-corrected chi connectivity index (χ3v) is 4.33. The lowest BCUT2D eigenvalue weighted by atomic mass is 9.85. The summed E-state index contributed by atoms with van der Waals surface area (Å²) in [6, 6.07) is 6.56. The van der Waals surface area contributed by atoms with E-state index in [4.69, 9.17) is 4.74 Å². The highest BCUT2D eigenvalue weighted by molar-refractivity contribution is 5.67. The molecule has 1 heterocycles. The van der Waals surface area contributed by atoms with Crippen LogP contribution in [0.2, 0.25) is 0 Å². The molecular weight excluding hydrogens is 254 g/mol. The van der Waals surface area contributed by atoms with Gasteiger partial charge < -0.3 is 15.2 Å². The van der Waals surface area contributed by atoms with Crippen LogP contribution in [0.25, 0.3) is 0 Å². The predicted molar refractivity (Wildman–Crippen MR) is 75.8 cm³/mol. The molecule has 1 saturated heterocycles. The summed E-state index contributed by atoms with van der Waals surface area (Å²) in [5.74, 6) is 0.361. The molecule has 1 aromatic rings. The van der Waals surface area contributed by atoms with Crippen molar-refractivity contribution in [2.75, 3.05) is 13.2 Å². The van der Waals surface area contributed by atoms with Gasteiger partial charge in [-0.2, -0.15) is 0 Å². The van der Waals surface area contributed by atoms with Crippen molar-refractivity contribution in [3.8, 4) is 0 Å². The number of aliphatic hydroxyl groups is 1. The highest BCUT2D eigenvalue weighted by Crippen LogP contribution is 2.28. The molecule has 4 heteroatoms. The second-order valence-corrected chi connectivity index (χ2v) is 5.78. The van der Waals surface area contributed by atoms with Crippen LogP contribution in [0.3, 0.4) is 0 Å². The SMILES string of the molecule is O=C1NC[C@@H](c2ccc3c(c2)CCC(O)C3)CCCO1. The third kappa shape index (κ3) is 2.96. The Kier molecular flexibility index (Phi) is 3.92. The number of cyclic esters (lactones) is 1. The number of amides is 1. The highest BCUT2D eigenvalue weighted by Gasteiger charge is 2.20. The molecule has 0 radical (unpaired) electrons. The van der Waals surface area contributed by atoms with Gasteiger partial charge in [0.2, 0.25) is 0 Å². The number of nitrogens with one attached hydrogen (secondary N) is 1. The van der Waals surface area contributed by atoms with Gasteiger partial charge in [0.15, 0.2) is 0 Å². The molecule has 1 unspecified atom stereocenters. The number of aliphatic hydroxyl groups excluding tert-OH is 1. The highest BCUT2D eigenvalue weighted by atomic mass is 16.5. The molecule has 1 fully saturated rings. The molecular formula is C16H21NO3. The van der Waals surface area contributed by atoms with Gasteiger partial charge in [-0.05, 0) is 48.8 Å². The van der Waals surface area contributed by atoms with E-state index >= 15 is 0 Å². The second kappa shape index (κ2) is 5.83. The summed E-state index contributed by atoms with van der Waals surface area (Å²) in [5, 5.41) is 12.5. The van der Waals surface area contributed by atoms with E-state index in [2.05, 4.69) is 23.5 Å². The van der Waals surface area contributed by atoms with E-state index in [1.165, 1.54) is 16.7 Å². The van der Waals surface area contributed by atoms with Crippen molar-refractivity contribution in [1.82, 2.24) is 5.32 Å². The van der Waals surface area contributed by atoms with Gasteiger partial charge in [0.25, 0.3) is 0 Å². The van der Waals surface area contributed by atoms with Crippen molar-refractivity contribution in [3.63, 3.8) is 0 Å². The molecule has 0 saturated carbocycles. The van der Waals surface area contributed by atoms with Crippen molar-refractivity contribution in [1.29, 1.82) is 0 Å². The molecule has 2 aliphatic rings. The quantitative estimate of drug-likeness (QED) is 0.825. The molecule has 108 valence electrons. The monoisotopic (exact) mass is 275 g/mol. The van der Waals surface area contributed by atoms with E-state index < -0.39 is 0 Å². The van der Waals surface area contributed by atoms with Crippen LogP contribution >= 0.6 is 0 Å². The molecule has 0 spiro atoms. The fourth-order valence-electron chi connectivity index (χ4n) is 3.15. The Hall–Kier alpha value is -1.55. The second-order valence-electron chi connectivity index (χ2n) is 5.78. The fraction of sp³-hybridized carbons (Fsp3) is 0.562. The number of benzene rings is 1. The maximum atomic E-state index is 11.3. The van der Waals surface area contributed by atoms with Crippen LogP contribution < -0.4 is 5.32 Å². The number of hydrogen-bond acceptors (Lipinski definition) is 3. The summed E-state index contributed by atoms with van der Waals surface area (Å²) in [6.45, 7) is 1.14. The summed E-state index contributed by atoms with van der Waals surface area (Å²) in [5.41, 5.74) is 3.92. The smallest absolute Gasteiger partial charge is 0.407 e. The first-order chi connectivity index (χ1) is 9.72. The Labute approximate surface area is 119 Å². The van der Waals surface area contributed by atoms with Gasteiger partial charge in [0.05, 0.1) is 12.7 Å². The van der Waals surface area contributed by atoms with Crippen LogP contribution in [0.4, 0.5) is 4.79 Å². The lowest BCUT2D eigenvalue weighted by molar-refractivity contribution is 0.136. The number of rotatable bonds is 1. The molecule has 0 aromatic heterocycles. The van der Waals surface area contributed by atoms with E-state index in [0.29, 0.717) is 19.1 Å². The molecule has 1 aliphatic carbocycles. The Morgan fingerprint density at radius 3 is 3.05 bits per heavy atom. The molecule has 20 heavy (non-hydrogen) atoms. The lowest BCUT2D eigenvalue weighted by Gasteiger charge is -2.25. The standard InChI is InChI=1S/C16H21NO3/c18-15-6-5-11-8-12(3-4-13(11)9-15)14-2-1-7-20-16(19)17-10-14/h3-4,8,14-15,18H,1-2,5-7,9-10H2,(H,17,19)/t14-,15?/m0/s1. The minimum atomic E-state index is -0.309.